The summed E-state index contributed by atoms with van der Waals surface area (Å²) in [5.74, 6) is -0.270. The molecule has 1 atom stereocenters. The fraction of sp³-hybridized carbons (Fsp3) is 0.500. The lowest BCUT2D eigenvalue weighted by Gasteiger charge is -2.37. The third-order valence-electron chi connectivity index (χ3n) is 3.86. The van der Waals surface area contributed by atoms with Crippen LogP contribution in [0.1, 0.15) is 38.2 Å². The van der Waals surface area contributed by atoms with Gasteiger partial charge in [0.05, 0.1) is 13.2 Å². The largest absolute Gasteiger partial charge is 0.465 e. The van der Waals surface area contributed by atoms with Crippen molar-refractivity contribution in [1.29, 1.82) is 0 Å². The van der Waals surface area contributed by atoms with Crippen LogP contribution < -0.4 is 5.32 Å². The predicted molar refractivity (Wildman–Crippen MR) is 81.2 cm³/mol. The van der Waals surface area contributed by atoms with Gasteiger partial charge in [0.1, 0.15) is 5.54 Å². The molecular formula is C16H20ClNO3. The van der Waals surface area contributed by atoms with Gasteiger partial charge in [0.2, 0.25) is 0 Å². The molecule has 1 aliphatic rings. The Bertz CT molecular complexity index is 532. The molecule has 1 saturated carbocycles. The first-order valence-corrected chi connectivity index (χ1v) is 7.67. The van der Waals surface area contributed by atoms with Crippen LogP contribution in [0.3, 0.4) is 0 Å². The molecule has 0 radical (unpaired) electrons. The Morgan fingerprint density at radius 1 is 1.38 bits per heavy atom. The van der Waals surface area contributed by atoms with Gasteiger partial charge >= 0.3 is 5.97 Å². The number of carbonyl (C=O) groups excluding carboxylic acids is 2. The number of hydrogen-bond donors (Lipinski definition) is 1. The Morgan fingerprint density at radius 2 is 2.14 bits per heavy atom. The van der Waals surface area contributed by atoms with Gasteiger partial charge in [-0.2, -0.15) is 0 Å². The van der Waals surface area contributed by atoms with Crippen molar-refractivity contribution in [3.63, 3.8) is 0 Å². The maximum absolute atomic E-state index is 12.6. The van der Waals surface area contributed by atoms with Gasteiger partial charge in [-0.05, 0) is 31.4 Å². The molecule has 1 aliphatic carbocycles. The first-order chi connectivity index (χ1) is 10.1. The van der Waals surface area contributed by atoms with Gasteiger partial charge in [0, 0.05) is 11.4 Å². The zero-order valence-electron chi connectivity index (χ0n) is 12.2. The van der Waals surface area contributed by atoms with E-state index in [4.69, 9.17) is 16.3 Å². The average Bonchev–Trinajstić information content (AvgIpc) is 2.48. The highest BCUT2D eigenvalue weighted by Gasteiger charge is 2.42. The van der Waals surface area contributed by atoms with Crippen LogP contribution in [0.25, 0.3) is 0 Å². The second kappa shape index (κ2) is 7.05. The Labute approximate surface area is 129 Å². The van der Waals surface area contributed by atoms with Crippen molar-refractivity contribution < 1.29 is 14.3 Å². The van der Waals surface area contributed by atoms with E-state index in [0.717, 1.165) is 18.4 Å². The van der Waals surface area contributed by atoms with E-state index in [2.05, 4.69) is 5.32 Å². The highest BCUT2D eigenvalue weighted by Crippen LogP contribution is 2.37. The molecule has 21 heavy (non-hydrogen) atoms. The predicted octanol–water partition coefficient (Wildman–Crippen LogP) is 2.83. The molecule has 4 nitrogen and oxygen atoms in total. The standard InChI is InChI=1S/C16H20ClNO3/c1-2-21-15(20)11-18-16(10-6-5-9-14(16)19)12-7-3-4-8-13(12)17/h3-4,7-8,18H,2,5-6,9-11H2,1H3. The molecule has 5 heteroatoms. The lowest BCUT2D eigenvalue weighted by Crippen LogP contribution is -2.52. The zero-order valence-corrected chi connectivity index (χ0v) is 12.9. The number of nitrogens with one attached hydrogen (secondary N) is 1. The third-order valence-corrected chi connectivity index (χ3v) is 4.18. The molecule has 1 aromatic carbocycles. The minimum atomic E-state index is -0.872. The molecule has 0 saturated heterocycles. The summed E-state index contributed by atoms with van der Waals surface area (Å²) in [5, 5.41) is 3.66. The van der Waals surface area contributed by atoms with Gasteiger partial charge in [-0.15, -0.1) is 0 Å². The fourth-order valence-corrected chi connectivity index (χ4v) is 3.14. The topological polar surface area (TPSA) is 55.4 Å². The number of carbonyl (C=O) groups is 2. The van der Waals surface area contributed by atoms with Crippen molar-refractivity contribution >= 4 is 23.4 Å². The fourth-order valence-electron chi connectivity index (χ4n) is 2.84. The lowest BCUT2D eigenvalue weighted by atomic mass is 9.75. The summed E-state index contributed by atoms with van der Waals surface area (Å²) < 4.78 is 4.93. The van der Waals surface area contributed by atoms with Crippen molar-refractivity contribution in [1.82, 2.24) is 5.32 Å². The molecule has 0 heterocycles. The van der Waals surface area contributed by atoms with Gasteiger partial charge in [-0.3, -0.25) is 14.9 Å². The van der Waals surface area contributed by atoms with Crippen LogP contribution in [0.2, 0.25) is 5.02 Å². The van der Waals surface area contributed by atoms with E-state index in [1.54, 1.807) is 13.0 Å². The average molecular weight is 310 g/mol. The summed E-state index contributed by atoms with van der Waals surface area (Å²) in [4.78, 5) is 24.2. The van der Waals surface area contributed by atoms with Gasteiger partial charge < -0.3 is 4.74 Å². The molecular weight excluding hydrogens is 290 g/mol. The lowest BCUT2D eigenvalue weighted by molar-refractivity contribution is -0.143. The Balaban J connectivity index is 2.29. The minimum Gasteiger partial charge on any atom is -0.465 e. The quantitative estimate of drug-likeness (QED) is 0.850. The Kier molecular flexibility index (Phi) is 5.37. The molecule has 2 rings (SSSR count). The number of rotatable bonds is 5. The van der Waals surface area contributed by atoms with Crippen molar-refractivity contribution in [3.8, 4) is 0 Å². The van der Waals surface area contributed by atoms with Gasteiger partial charge in [0.25, 0.3) is 0 Å². The SMILES string of the molecule is CCOC(=O)CNC1(c2ccccc2Cl)CCCCC1=O. The normalized spacial score (nSPS) is 22.1. The summed E-state index contributed by atoms with van der Waals surface area (Å²) in [7, 11) is 0. The van der Waals surface area contributed by atoms with E-state index in [0.29, 0.717) is 24.5 Å². The molecule has 0 aromatic heterocycles. The van der Waals surface area contributed by atoms with Crippen LogP contribution >= 0.6 is 11.6 Å². The number of ketones is 1. The number of benzene rings is 1. The maximum Gasteiger partial charge on any atom is 0.319 e. The van der Waals surface area contributed by atoms with Crippen molar-refractivity contribution in [2.24, 2.45) is 0 Å². The highest BCUT2D eigenvalue weighted by atomic mass is 35.5. The van der Waals surface area contributed by atoms with Crippen LogP contribution in [0.5, 0.6) is 0 Å². The van der Waals surface area contributed by atoms with Gasteiger partial charge in [-0.1, -0.05) is 36.2 Å². The van der Waals surface area contributed by atoms with Crippen molar-refractivity contribution in [2.45, 2.75) is 38.1 Å². The van der Waals surface area contributed by atoms with E-state index in [1.165, 1.54) is 0 Å². The van der Waals surface area contributed by atoms with Crippen molar-refractivity contribution in [2.75, 3.05) is 13.2 Å². The zero-order chi connectivity index (χ0) is 15.3. The van der Waals surface area contributed by atoms with Crippen LogP contribution in [0.4, 0.5) is 0 Å². The molecule has 0 amide bonds. The number of Topliss-reactive ketones (excluding diaryl/α,β-unsaturated/α-hetero) is 1. The van der Waals surface area contributed by atoms with E-state index in [9.17, 15) is 9.59 Å². The Morgan fingerprint density at radius 3 is 2.81 bits per heavy atom. The van der Waals surface area contributed by atoms with Crippen molar-refractivity contribution in [3.05, 3.63) is 34.9 Å². The van der Waals surface area contributed by atoms with E-state index < -0.39 is 5.54 Å². The third kappa shape index (κ3) is 3.44. The molecule has 0 bridgehead atoms. The van der Waals surface area contributed by atoms with E-state index >= 15 is 0 Å². The van der Waals surface area contributed by atoms with E-state index in [1.807, 2.05) is 18.2 Å². The van der Waals surface area contributed by atoms with Gasteiger partial charge in [0.15, 0.2) is 5.78 Å². The molecule has 1 fully saturated rings. The molecule has 0 spiro atoms. The van der Waals surface area contributed by atoms with Gasteiger partial charge in [-0.25, -0.2) is 0 Å². The summed E-state index contributed by atoms with van der Waals surface area (Å²) in [6.07, 6.45) is 2.95. The second-order valence-electron chi connectivity index (χ2n) is 5.17. The molecule has 114 valence electrons. The van der Waals surface area contributed by atoms with E-state index in [-0.39, 0.29) is 18.3 Å². The minimum absolute atomic E-state index is 0.00477. The number of halogens is 1. The first-order valence-electron chi connectivity index (χ1n) is 7.29. The second-order valence-corrected chi connectivity index (χ2v) is 5.58. The number of ether oxygens (including phenoxy) is 1. The smallest absolute Gasteiger partial charge is 0.319 e. The molecule has 1 unspecified atom stereocenters. The summed E-state index contributed by atoms with van der Waals surface area (Å²) in [5.41, 5.74) is -0.121. The summed E-state index contributed by atoms with van der Waals surface area (Å²) in [6, 6.07) is 7.31. The van der Waals surface area contributed by atoms with Crippen LogP contribution in [0.15, 0.2) is 24.3 Å². The maximum atomic E-state index is 12.6. The number of esters is 1. The summed E-state index contributed by atoms with van der Waals surface area (Å²) in [6.45, 7) is 2.09. The van der Waals surface area contributed by atoms with Crippen LogP contribution in [-0.2, 0) is 19.9 Å². The molecule has 1 N–H and O–H groups in total. The molecule has 1 aromatic rings. The Hall–Kier alpha value is -1.39. The number of hydrogen-bond acceptors (Lipinski definition) is 4. The molecule has 0 aliphatic heterocycles. The highest BCUT2D eigenvalue weighted by molar-refractivity contribution is 6.31. The first kappa shape index (κ1) is 16.0. The summed E-state index contributed by atoms with van der Waals surface area (Å²) >= 11 is 6.28. The van der Waals surface area contributed by atoms with Crippen LogP contribution in [0, 0.1) is 0 Å². The van der Waals surface area contributed by atoms with Crippen LogP contribution in [-0.4, -0.2) is 24.9 Å². The monoisotopic (exact) mass is 309 g/mol.